The van der Waals surface area contributed by atoms with E-state index in [0.29, 0.717) is 10.7 Å². The molecule has 0 aliphatic heterocycles. The van der Waals surface area contributed by atoms with Crippen LogP contribution in [0, 0.1) is 0 Å². The third kappa shape index (κ3) is 3.71. The molecule has 1 heterocycles. The fraction of sp³-hybridized carbons (Fsp3) is 0.0714. The first kappa shape index (κ1) is 15.3. The molecule has 1 aromatic carbocycles. The zero-order valence-corrected chi connectivity index (χ0v) is 12.5. The van der Waals surface area contributed by atoms with Crippen molar-refractivity contribution >= 4 is 40.7 Å². The fourth-order valence-electron chi connectivity index (χ4n) is 1.64. The van der Waals surface area contributed by atoms with Crippen LogP contribution in [0.2, 0.25) is 10.2 Å². The number of pyridine rings is 1. The van der Waals surface area contributed by atoms with Gasteiger partial charge in [-0.15, -0.1) is 0 Å². The number of aromatic nitrogens is 1. The molecule has 2 amide bonds. The molecule has 1 aromatic heterocycles. The minimum absolute atomic E-state index is 0.180. The van der Waals surface area contributed by atoms with Crippen LogP contribution >= 0.6 is 23.2 Å². The maximum Gasteiger partial charge on any atom is 0.274 e. The molecule has 2 N–H and O–H groups in total. The fourth-order valence-corrected chi connectivity index (χ4v) is 2.01. The molecular weight excluding hydrogens is 313 g/mol. The summed E-state index contributed by atoms with van der Waals surface area (Å²) >= 11 is 11.7. The zero-order chi connectivity index (χ0) is 15.4. The highest BCUT2D eigenvalue weighted by atomic mass is 35.5. The van der Waals surface area contributed by atoms with Crippen molar-refractivity contribution in [1.29, 1.82) is 0 Å². The lowest BCUT2D eigenvalue weighted by atomic mass is 10.2. The molecule has 108 valence electrons. The van der Waals surface area contributed by atoms with Crippen LogP contribution in [0.3, 0.4) is 0 Å². The Morgan fingerprint density at radius 3 is 2.52 bits per heavy atom. The van der Waals surface area contributed by atoms with Gasteiger partial charge in [0.05, 0.1) is 10.6 Å². The third-order valence-corrected chi connectivity index (χ3v) is 3.18. The Balaban J connectivity index is 2.24. The first-order valence-corrected chi connectivity index (χ1v) is 6.72. The molecule has 0 fully saturated rings. The van der Waals surface area contributed by atoms with Crippen molar-refractivity contribution in [3.63, 3.8) is 0 Å². The lowest BCUT2D eigenvalue weighted by molar-refractivity contribution is 0.0961. The minimum Gasteiger partial charge on any atom is -0.355 e. The Hall–Kier alpha value is -2.11. The van der Waals surface area contributed by atoms with Crippen molar-refractivity contribution < 1.29 is 9.59 Å². The van der Waals surface area contributed by atoms with Gasteiger partial charge in [-0.1, -0.05) is 29.3 Å². The number of benzene rings is 1. The van der Waals surface area contributed by atoms with E-state index in [1.165, 1.54) is 25.2 Å². The van der Waals surface area contributed by atoms with Gasteiger partial charge in [0.2, 0.25) is 0 Å². The minimum atomic E-state index is -0.428. The van der Waals surface area contributed by atoms with Crippen LogP contribution < -0.4 is 10.6 Å². The molecule has 5 nitrogen and oxygen atoms in total. The first-order chi connectivity index (χ1) is 10.0. The van der Waals surface area contributed by atoms with Crippen LogP contribution in [0.1, 0.15) is 20.8 Å². The molecule has 0 saturated heterocycles. The standard InChI is InChI=1S/C14H11Cl2N3O2/c1-17-13(20)9-7-8(5-6-10(9)15)18-14(21)11-3-2-4-12(16)19-11/h2-7H,1H3,(H,17,20)(H,18,21). The van der Waals surface area contributed by atoms with Crippen molar-refractivity contribution in [2.24, 2.45) is 0 Å². The second kappa shape index (κ2) is 6.56. The topological polar surface area (TPSA) is 71.1 Å². The molecule has 0 radical (unpaired) electrons. The Morgan fingerprint density at radius 2 is 1.86 bits per heavy atom. The predicted octanol–water partition coefficient (Wildman–Crippen LogP) is 3.00. The van der Waals surface area contributed by atoms with Crippen LogP contribution in [0.25, 0.3) is 0 Å². The second-order valence-electron chi connectivity index (χ2n) is 4.07. The van der Waals surface area contributed by atoms with Gasteiger partial charge < -0.3 is 10.6 Å². The molecule has 0 bridgehead atoms. The SMILES string of the molecule is CNC(=O)c1cc(NC(=O)c2cccc(Cl)n2)ccc1Cl. The van der Waals surface area contributed by atoms with Crippen LogP contribution in [0.4, 0.5) is 5.69 Å². The summed E-state index contributed by atoms with van der Waals surface area (Å²) in [6.07, 6.45) is 0. The number of hydrogen-bond acceptors (Lipinski definition) is 3. The number of amides is 2. The van der Waals surface area contributed by atoms with E-state index >= 15 is 0 Å². The molecule has 0 spiro atoms. The largest absolute Gasteiger partial charge is 0.355 e. The Kier molecular flexibility index (Phi) is 4.77. The molecule has 0 atom stereocenters. The summed E-state index contributed by atoms with van der Waals surface area (Å²) in [5.74, 6) is -0.764. The molecule has 0 saturated carbocycles. The van der Waals surface area contributed by atoms with Gasteiger partial charge in [-0.05, 0) is 30.3 Å². The summed E-state index contributed by atoms with van der Waals surface area (Å²) in [5, 5.41) is 5.64. The average molecular weight is 324 g/mol. The predicted molar refractivity (Wildman–Crippen MR) is 82.0 cm³/mol. The molecule has 0 aliphatic carbocycles. The van der Waals surface area contributed by atoms with Crippen LogP contribution in [0.15, 0.2) is 36.4 Å². The van der Waals surface area contributed by atoms with Crippen LogP contribution in [0.5, 0.6) is 0 Å². The van der Waals surface area contributed by atoms with E-state index in [1.54, 1.807) is 18.2 Å². The van der Waals surface area contributed by atoms with E-state index in [1.807, 2.05) is 0 Å². The smallest absolute Gasteiger partial charge is 0.274 e. The summed E-state index contributed by atoms with van der Waals surface area (Å²) in [7, 11) is 1.50. The molecule has 0 unspecified atom stereocenters. The number of anilines is 1. The first-order valence-electron chi connectivity index (χ1n) is 5.97. The number of nitrogens with zero attached hydrogens (tertiary/aromatic N) is 1. The monoisotopic (exact) mass is 323 g/mol. The molecule has 21 heavy (non-hydrogen) atoms. The maximum absolute atomic E-state index is 12.0. The zero-order valence-electron chi connectivity index (χ0n) is 11.0. The molecular formula is C14H11Cl2N3O2. The highest BCUT2D eigenvalue weighted by Gasteiger charge is 2.12. The van der Waals surface area contributed by atoms with E-state index in [2.05, 4.69) is 15.6 Å². The molecule has 2 aromatic rings. The van der Waals surface area contributed by atoms with Crippen molar-refractivity contribution in [3.05, 3.63) is 57.8 Å². The second-order valence-corrected chi connectivity index (χ2v) is 4.87. The molecule has 0 aliphatic rings. The Morgan fingerprint density at radius 1 is 1.10 bits per heavy atom. The van der Waals surface area contributed by atoms with Gasteiger partial charge in [-0.2, -0.15) is 0 Å². The molecule has 7 heteroatoms. The van der Waals surface area contributed by atoms with E-state index < -0.39 is 5.91 Å². The number of carbonyl (C=O) groups is 2. The summed E-state index contributed by atoms with van der Waals surface area (Å²) < 4.78 is 0. The maximum atomic E-state index is 12.0. The third-order valence-electron chi connectivity index (χ3n) is 2.64. The Labute approximate surface area is 131 Å². The van der Waals surface area contributed by atoms with E-state index in [-0.39, 0.29) is 22.3 Å². The van der Waals surface area contributed by atoms with Gasteiger partial charge in [0.15, 0.2) is 0 Å². The highest BCUT2D eigenvalue weighted by Crippen LogP contribution is 2.21. The van der Waals surface area contributed by atoms with Crippen molar-refractivity contribution in [3.8, 4) is 0 Å². The van der Waals surface area contributed by atoms with Gasteiger partial charge >= 0.3 is 0 Å². The number of carbonyl (C=O) groups excluding carboxylic acids is 2. The summed E-state index contributed by atoms with van der Waals surface area (Å²) in [5.41, 5.74) is 0.889. The van der Waals surface area contributed by atoms with Gasteiger partial charge in [0.1, 0.15) is 10.8 Å². The van der Waals surface area contributed by atoms with Gasteiger partial charge in [-0.25, -0.2) is 4.98 Å². The average Bonchev–Trinajstić information content (AvgIpc) is 2.48. The van der Waals surface area contributed by atoms with Crippen molar-refractivity contribution in [2.45, 2.75) is 0 Å². The van der Waals surface area contributed by atoms with E-state index in [4.69, 9.17) is 23.2 Å². The van der Waals surface area contributed by atoms with E-state index in [0.717, 1.165) is 0 Å². The number of halogens is 2. The summed E-state index contributed by atoms with van der Waals surface area (Å²) in [4.78, 5) is 27.6. The highest BCUT2D eigenvalue weighted by molar-refractivity contribution is 6.34. The molecule has 2 rings (SSSR count). The Bertz CT molecular complexity index is 704. The summed E-state index contributed by atoms with van der Waals surface area (Å²) in [6.45, 7) is 0. The normalized spacial score (nSPS) is 10.0. The summed E-state index contributed by atoms with van der Waals surface area (Å²) in [6, 6.07) is 9.36. The number of rotatable bonds is 3. The number of nitrogens with one attached hydrogen (secondary N) is 2. The van der Waals surface area contributed by atoms with E-state index in [9.17, 15) is 9.59 Å². The quantitative estimate of drug-likeness (QED) is 0.853. The lowest BCUT2D eigenvalue weighted by Gasteiger charge is -2.08. The van der Waals surface area contributed by atoms with Gasteiger partial charge in [-0.3, -0.25) is 9.59 Å². The van der Waals surface area contributed by atoms with Crippen molar-refractivity contribution in [1.82, 2.24) is 10.3 Å². The lowest BCUT2D eigenvalue weighted by Crippen LogP contribution is -2.19. The van der Waals surface area contributed by atoms with Gasteiger partial charge in [0, 0.05) is 12.7 Å². The van der Waals surface area contributed by atoms with Crippen molar-refractivity contribution in [2.75, 3.05) is 12.4 Å². The van der Waals surface area contributed by atoms with Gasteiger partial charge in [0.25, 0.3) is 11.8 Å². The van der Waals surface area contributed by atoms with Crippen LogP contribution in [-0.2, 0) is 0 Å². The van der Waals surface area contributed by atoms with Crippen LogP contribution in [-0.4, -0.2) is 23.8 Å². The number of hydrogen-bond donors (Lipinski definition) is 2.